The first-order valence-electron chi connectivity index (χ1n) is 8.03. The smallest absolute Gasteiger partial charge is 0.256 e. The number of hydrogen-bond acceptors (Lipinski definition) is 3. The van der Waals surface area contributed by atoms with E-state index in [9.17, 15) is 4.79 Å². The van der Waals surface area contributed by atoms with Crippen LogP contribution in [0.3, 0.4) is 0 Å². The summed E-state index contributed by atoms with van der Waals surface area (Å²) in [5.41, 5.74) is 3.16. The van der Waals surface area contributed by atoms with Crippen LogP contribution in [0.15, 0.2) is 18.2 Å². The molecule has 0 aromatic heterocycles. The quantitative estimate of drug-likeness (QED) is 0.904. The minimum absolute atomic E-state index is 0.189. The standard InChI is InChI=1S/C17H25N3O/c1-13-5-6-16(19-8-3-4-9-19)15(11-13)17(21)20-10-7-18-14(2)12-20/h5-6,11,14,18H,3-4,7-10,12H2,1-2H3. The van der Waals surface area contributed by atoms with E-state index in [4.69, 9.17) is 0 Å². The summed E-state index contributed by atoms with van der Waals surface area (Å²) in [6.07, 6.45) is 2.46. The molecule has 2 fully saturated rings. The zero-order valence-electron chi connectivity index (χ0n) is 13.1. The van der Waals surface area contributed by atoms with E-state index in [0.717, 1.165) is 49.5 Å². The van der Waals surface area contributed by atoms with Gasteiger partial charge in [0.2, 0.25) is 0 Å². The first-order chi connectivity index (χ1) is 10.1. The lowest BCUT2D eigenvalue weighted by atomic mass is 10.1. The number of carbonyl (C=O) groups excluding carboxylic acids is 1. The summed E-state index contributed by atoms with van der Waals surface area (Å²) in [6.45, 7) is 8.82. The molecule has 1 aromatic carbocycles. The van der Waals surface area contributed by atoms with Crippen LogP contribution in [-0.4, -0.2) is 49.6 Å². The van der Waals surface area contributed by atoms with Crippen LogP contribution in [0.4, 0.5) is 5.69 Å². The fourth-order valence-electron chi connectivity index (χ4n) is 3.34. The Morgan fingerprint density at radius 2 is 2.00 bits per heavy atom. The van der Waals surface area contributed by atoms with Crippen LogP contribution in [0.5, 0.6) is 0 Å². The van der Waals surface area contributed by atoms with Crippen molar-refractivity contribution in [3.05, 3.63) is 29.3 Å². The van der Waals surface area contributed by atoms with E-state index in [-0.39, 0.29) is 5.91 Å². The SMILES string of the molecule is Cc1ccc(N2CCCC2)c(C(=O)N2CCNC(C)C2)c1. The van der Waals surface area contributed by atoms with Crippen LogP contribution in [-0.2, 0) is 0 Å². The summed E-state index contributed by atoms with van der Waals surface area (Å²) in [4.78, 5) is 17.3. The van der Waals surface area contributed by atoms with Crippen LogP contribution in [0, 0.1) is 6.92 Å². The number of piperazine rings is 1. The van der Waals surface area contributed by atoms with E-state index in [1.807, 2.05) is 4.90 Å². The number of anilines is 1. The molecule has 0 spiro atoms. The second-order valence-corrected chi connectivity index (χ2v) is 6.32. The van der Waals surface area contributed by atoms with Gasteiger partial charge < -0.3 is 15.1 Å². The maximum Gasteiger partial charge on any atom is 0.256 e. The Labute approximate surface area is 127 Å². The van der Waals surface area contributed by atoms with Gasteiger partial charge in [-0.15, -0.1) is 0 Å². The molecule has 3 rings (SSSR count). The average molecular weight is 287 g/mol. The van der Waals surface area contributed by atoms with Crippen LogP contribution < -0.4 is 10.2 Å². The van der Waals surface area contributed by atoms with Crippen molar-refractivity contribution >= 4 is 11.6 Å². The van der Waals surface area contributed by atoms with Gasteiger partial charge in [0.15, 0.2) is 0 Å². The number of nitrogens with one attached hydrogen (secondary N) is 1. The summed E-state index contributed by atoms with van der Waals surface area (Å²) in [6, 6.07) is 6.68. The Morgan fingerprint density at radius 3 is 2.71 bits per heavy atom. The van der Waals surface area contributed by atoms with E-state index in [2.05, 4.69) is 42.3 Å². The third-order valence-electron chi connectivity index (χ3n) is 4.49. The molecule has 1 N–H and O–H groups in total. The average Bonchev–Trinajstić information content (AvgIpc) is 3.00. The molecule has 0 radical (unpaired) electrons. The lowest BCUT2D eigenvalue weighted by Gasteiger charge is -2.33. The number of nitrogens with zero attached hydrogens (tertiary/aromatic N) is 2. The van der Waals surface area contributed by atoms with Gasteiger partial charge in [-0.1, -0.05) is 11.6 Å². The Morgan fingerprint density at radius 1 is 1.24 bits per heavy atom. The van der Waals surface area contributed by atoms with E-state index >= 15 is 0 Å². The molecular formula is C17H25N3O. The largest absolute Gasteiger partial charge is 0.371 e. The lowest BCUT2D eigenvalue weighted by Crippen LogP contribution is -2.51. The molecule has 0 saturated carbocycles. The number of carbonyl (C=O) groups is 1. The van der Waals surface area contributed by atoms with Crippen molar-refractivity contribution in [1.29, 1.82) is 0 Å². The molecule has 1 aromatic rings. The molecule has 2 aliphatic heterocycles. The van der Waals surface area contributed by atoms with Gasteiger partial charge >= 0.3 is 0 Å². The van der Waals surface area contributed by atoms with Gasteiger partial charge in [-0.3, -0.25) is 4.79 Å². The van der Waals surface area contributed by atoms with Gasteiger partial charge in [0.25, 0.3) is 5.91 Å². The number of aryl methyl sites for hydroxylation is 1. The predicted octanol–water partition coefficient (Wildman–Crippen LogP) is 2.03. The molecular weight excluding hydrogens is 262 g/mol. The fourth-order valence-corrected chi connectivity index (χ4v) is 3.34. The summed E-state index contributed by atoms with van der Waals surface area (Å²) in [5.74, 6) is 0.189. The molecule has 4 heteroatoms. The first kappa shape index (κ1) is 14.4. The molecule has 1 atom stereocenters. The lowest BCUT2D eigenvalue weighted by molar-refractivity contribution is 0.0709. The highest BCUT2D eigenvalue weighted by Gasteiger charge is 2.26. The second-order valence-electron chi connectivity index (χ2n) is 6.32. The van der Waals surface area contributed by atoms with Crippen molar-refractivity contribution in [1.82, 2.24) is 10.2 Å². The van der Waals surface area contributed by atoms with Crippen molar-refractivity contribution in [2.45, 2.75) is 32.7 Å². The van der Waals surface area contributed by atoms with Gasteiger partial charge in [0.1, 0.15) is 0 Å². The minimum atomic E-state index is 0.189. The van der Waals surface area contributed by atoms with Crippen LogP contribution >= 0.6 is 0 Å². The van der Waals surface area contributed by atoms with Crippen LogP contribution in [0.1, 0.15) is 35.7 Å². The van der Waals surface area contributed by atoms with Crippen molar-refractivity contribution in [2.24, 2.45) is 0 Å². The Bertz CT molecular complexity index is 523. The molecule has 1 unspecified atom stereocenters. The number of benzene rings is 1. The normalized spacial score (nSPS) is 22.7. The predicted molar refractivity (Wildman–Crippen MR) is 86.0 cm³/mol. The zero-order valence-corrected chi connectivity index (χ0v) is 13.1. The molecule has 0 aliphatic carbocycles. The van der Waals surface area contributed by atoms with Gasteiger partial charge in [0, 0.05) is 44.5 Å². The Hall–Kier alpha value is -1.55. The van der Waals surface area contributed by atoms with Crippen LogP contribution in [0.2, 0.25) is 0 Å². The topological polar surface area (TPSA) is 35.6 Å². The molecule has 114 valence electrons. The highest BCUT2D eigenvalue weighted by Crippen LogP contribution is 2.27. The highest BCUT2D eigenvalue weighted by molar-refractivity contribution is 6.00. The minimum Gasteiger partial charge on any atom is -0.371 e. The summed E-state index contributed by atoms with van der Waals surface area (Å²) in [7, 11) is 0. The van der Waals surface area contributed by atoms with E-state index in [1.54, 1.807) is 0 Å². The van der Waals surface area contributed by atoms with Gasteiger partial charge in [-0.2, -0.15) is 0 Å². The maximum atomic E-state index is 12.9. The second kappa shape index (κ2) is 6.06. The molecule has 4 nitrogen and oxygen atoms in total. The monoisotopic (exact) mass is 287 g/mol. The van der Waals surface area contributed by atoms with Gasteiger partial charge in [-0.05, 0) is 38.8 Å². The third kappa shape index (κ3) is 3.05. The molecule has 0 bridgehead atoms. The van der Waals surface area contributed by atoms with Crippen LogP contribution in [0.25, 0.3) is 0 Å². The fraction of sp³-hybridized carbons (Fsp3) is 0.588. The first-order valence-corrected chi connectivity index (χ1v) is 8.03. The summed E-state index contributed by atoms with van der Waals surface area (Å²) < 4.78 is 0. The van der Waals surface area contributed by atoms with Crippen molar-refractivity contribution in [2.75, 3.05) is 37.6 Å². The third-order valence-corrected chi connectivity index (χ3v) is 4.49. The van der Waals surface area contributed by atoms with E-state index in [0.29, 0.717) is 6.04 Å². The van der Waals surface area contributed by atoms with E-state index < -0.39 is 0 Å². The number of hydrogen-bond donors (Lipinski definition) is 1. The molecule has 2 aliphatic rings. The Balaban J connectivity index is 1.88. The van der Waals surface area contributed by atoms with Gasteiger partial charge in [-0.25, -0.2) is 0 Å². The molecule has 2 saturated heterocycles. The van der Waals surface area contributed by atoms with Crippen molar-refractivity contribution < 1.29 is 4.79 Å². The Kier molecular flexibility index (Phi) is 4.15. The number of rotatable bonds is 2. The van der Waals surface area contributed by atoms with Gasteiger partial charge in [0.05, 0.1) is 5.56 Å². The summed E-state index contributed by atoms with van der Waals surface area (Å²) >= 11 is 0. The zero-order chi connectivity index (χ0) is 14.8. The van der Waals surface area contributed by atoms with E-state index in [1.165, 1.54) is 12.8 Å². The molecule has 21 heavy (non-hydrogen) atoms. The molecule has 1 amide bonds. The molecule has 2 heterocycles. The van der Waals surface area contributed by atoms with Crippen molar-refractivity contribution in [3.8, 4) is 0 Å². The summed E-state index contributed by atoms with van der Waals surface area (Å²) in [5, 5.41) is 3.40. The maximum absolute atomic E-state index is 12.9. The number of amides is 1. The highest BCUT2D eigenvalue weighted by atomic mass is 16.2. The van der Waals surface area contributed by atoms with Crippen molar-refractivity contribution in [3.63, 3.8) is 0 Å².